The Morgan fingerprint density at radius 1 is 1.05 bits per heavy atom. The van der Waals surface area contributed by atoms with E-state index in [9.17, 15) is 24.3 Å². The van der Waals surface area contributed by atoms with Gasteiger partial charge in [-0.25, -0.2) is 4.79 Å². The fourth-order valence-electron chi connectivity index (χ4n) is 4.08. The number of aromatic amines is 1. The summed E-state index contributed by atoms with van der Waals surface area (Å²) in [5.74, 6) is -3.61. The van der Waals surface area contributed by atoms with Crippen LogP contribution in [0.5, 0.6) is 0 Å². The molecule has 1 aromatic heterocycles. The van der Waals surface area contributed by atoms with E-state index in [2.05, 4.69) is 38.6 Å². The molecule has 5 unspecified atom stereocenters. The van der Waals surface area contributed by atoms with Crippen molar-refractivity contribution in [2.75, 3.05) is 12.3 Å². The minimum absolute atomic E-state index is 0.0651. The van der Waals surface area contributed by atoms with Crippen molar-refractivity contribution in [3.63, 3.8) is 0 Å². The molecule has 0 saturated heterocycles. The number of fused-ring (bicyclic) bond motifs is 1. The molecule has 220 valence electrons. The molecule has 11 N–H and O–H groups in total. The highest BCUT2D eigenvalue weighted by molar-refractivity contribution is 7.80. The molecular formula is C26H40N8O5S. The maximum Gasteiger partial charge on any atom is 0.326 e. The number of carbonyl (C=O) groups excluding carboxylic acids is 3. The number of aliphatic carboxylic acids is 1. The SMILES string of the molecule is CCC(C)C(NC(=O)C(CCCN=C(N)N)NC(=O)C(CS)NC(=O)C(N)Cc1c[nH]c2ccccc12)C(=O)O. The number of nitrogens with one attached hydrogen (secondary N) is 4. The highest BCUT2D eigenvalue weighted by Crippen LogP contribution is 2.19. The largest absolute Gasteiger partial charge is 0.480 e. The fourth-order valence-corrected chi connectivity index (χ4v) is 4.34. The molecule has 1 aromatic carbocycles. The van der Waals surface area contributed by atoms with E-state index in [1.54, 1.807) is 13.1 Å². The third-order valence-electron chi connectivity index (χ3n) is 6.62. The number of amides is 3. The van der Waals surface area contributed by atoms with Gasteiger partial charge in [0.15, 0.2) is 5.96 Å². The molecule has 0 aliphatic heterocycles. The molecule has 2 aromatic rings. The number of aliphatic imine (C=N–C) groups is 1. The van der Waals surface area contributed by atoms with Crippen LogP contribution in [0.4, 0.5) is 0 Å². The second-order valence-corrected chi connectivity index (χ2v) is 10.00. The van der Waals surface area contributed by atoms with Crippen LogP contribution in [0.3, 0.4) is 0 Å². The molecule has 0 aliphatic rings. The number of guanidine groups is 1. The summed E-state index contributed by atoms with van der Waals surface area (Å²) in [6.07, 6.45) is 2.99. The van der Waals surface area contributed by atoms with Crippen LogP contribution in [0, 0.1) is 5.92 Å². The fraction of sp³-hybridized carbons (Fsp3) is 0.500. The highest BCUT2D eigenvalue weighted by atomic mass is 32.1. The van der Waals surface area contributed by atoms with Gasteiger partial charge in [0.05, 0.1) is 6.04 Å². The maximum atomic E-state index is 13.1. The maximum absolute atomic E-state index is 13.1. The molecule has 40 heavy (non-hydrogen) atoms. The lowest BCUT2D eigenvalue weighted by Gasteiger charge is -2.26. The molecule has 0 aliphatic carbocycles. The topological polar surface area (TPSA) is 231 Å². The zero-order valence-corrected chi connectivity index (χ0v) is 23.6. The van der Waals surface area contributed by atoms with Gasteiger partial charge in [0.25, 0.3) is 0 Å². The summed E-state index contributed by atoms with van der Waals surface area (Å²) in [7, 11) is 0. The van der Waals surface area contributed by atoms with Crippen molar-refractivity contribution in [2.45, 2.75) is 63.7 Å². The van der Waals surface area contributed by atoms with Gasteiger partial charge in [-0.2, -0.15) is 12.6 Å². The predicted octanol–water partition coefficient (Wildman–Crippen LogP) is -0.394. The van der Waals surface area contributed by atoms with Gasteiger partial charge in [-0.1, -0.05) is 38.5 Å². The molecule has 0 saturated carbocycles. The van der Waals surface area contributed by atoms with E-state index in [0.717, 1.165) is 16.5 Å². The lowest BCUT2D eigenvalue weighted by atomic mass is 9.98. The molecule has 0 bridgehead atoms. The summed E-state index contributed by atoms with van der Waals surface area (Å²) in [5, 5.41) is 18.2. The Labute approximate surface area is 238 Å². The minimum atomic E-state index is -1.18. The first-order chi connectivity index (χ1) is 19.0. The van der Waals surface area contributed by atoms with Crippen LogP contribution < -0.4 is 33.2 Å². The van der Waals surface area contributed by atoms with E-state index in [-0.39, 0.29) is 37.0 Å². The van der Waals surface area contributed by atoms with Gasteiger partial charge < -0.3 is 43.2 Å². The second kappa shape index (κ2) is 15.7. The molecule has 14 heteroatoms. The number of aromatic nitrogens is 1. The number of H-pyrrole nitrogens is 1. The van der Waals surface area contributed by atoms with Crippen molar-refractivity contribution in [2.24, 2.45) is 28.1 Å². The van der Waals surface area contributed by atoms with Crippen molar-refractivity contribution >= 4 is 53.2 Å². The van der Waals surface area contributed by atoms with Crippen LogP contribution in [-0.4, -0.2) is 76.2 Å². The molecule has 1 heterocycles. The normalized spacial score (nSPS) is 14.8. The number of para-hydroxylation sites is 1. The van der Waals surface area contributed by atoms with E-state index in [0.29, 0.717) is 12.8 Å². The van der Waals surface area contributed by atoms with Crippen molar-refractivity contribution in [1.29, 1.82) is 0 Å². The number of carboxylic acids is 1. The van der Waals surface area contributed by atoms with Crippen LogP contribution in [0.1, 0.15) is 38.7 Å². The van der Waals surface area contributed by atoms with E-state index < -0.39 is 47.9 Å². The van der Waals surface area contributed by atoms with Crippen molar-refractivity contribution in [3.05, 3.63) is 36.0 Å². The smallest absolute Gasteiger partial charge is 0.326 e. The van der Waals surface area contributed by atoms with Crippen molar-refractivity contribution < 1.29 is 24.3 Å². The summed E-state index contributed by atoms with van der Waals surface area (Å²) in [6, 6.07) is 3.33. The van der Waals surface area contributed by atoms with Gasteiger partial charge in [-0.3, -0.25) is 19.4 Å². The average Bonchev–Trinajstić information content (AvgIpc) is 3.33. The van der Waals surface area contributed by atoms with Gasteiger partial charge in [0.2, 0.25) is 17.7 Å². The lowest BCUT2D eigenvalue weighted by Crippen LogP contribution is -2.58. The van der Waals surface area contributed by atoms with Gasteiger partial charge >= 0.3 is 5.97 Å². The Hall–Kier alpha value is -3.78. The zero-order chi connectivity index (χ0) is 29.8. The Morgan fingerprint density at radius 3 is 2.33 bits per heavy atom. The first-order valence-electron chi connectivity index (χ1n) is 13.1. The number of hydrogen-bond donors (Lipinski definition) is 9. The summed E-state index contributed by atoms with van der Waals surface area (Å²) >= 11 is 4.19. The molecule has 0 spiro atoms. The standard InChI is InChI=1S/C26H40N8O5S/c1-3-14(2)21(25(38)39)34-23(36)19(9-6-10-30-26(28)29)32-24(37)20(13-40)33-22(35)17(27)11-15-12-31-18-8-5-4-7-16(15)18/h4-5,7-8,12,14,17,19-21,31,40H,3,6,9-11,13,27H2,1-2H3,(H,32,37)(H,33,35)(H,34,36)(H,38,39)(H4,28,29,30). The lowest BCUT2D eigenvalue weighted by molar-refractivity contribution is -0.143. The summed E-state index contributed by atoms with van der Waals surface area (Å²) in [5.41, 5.74) is 18.6. The average molecular weight is 577 g/mol. The van der Waals surface area contributed by atoms with Crippen LogP contribution in [0.25, 0.3) is 10.9 Å². The number of thiol groups is 1. The number of carboxylic acid groups (broad SMARTS) is 1. The molecule has 5 atom stereocenters. The van der Waals surface area contributed by atoms with Crippen molar-refractivity contribution in [1.82, 2.24) is 20.9 Å². The van der Waals surface area contributed by atoms with Crippen LogP contribution in [0.15, 0.2) is 35.5 Å². The van der Waals surface area contributed by atoms with Crippen LogP contribution >= 0.6 is 12.6 Å². The highest BCUT2D eigenvalue weighted by Gasteiger charge is 2.31. The van der Waals surface area contributed by atoms with Gasteiger partial charge in [-0.05, 0) is 36.8 Å². The van der Waals surface area contributed by atoms with Crippen molar-refractivity contribution in [3.8, 4) is 0 Å². The Kier molecular flexibility index (Phi) is 12.7. The second-order valence-electron chi connectivity index (χ2n) is 9.63. The Morgan fingerprint density at radius 2 is 1.70 bits per heavy atom. The van der Waals surface area contributed by atoms with Crippen LogP contribution in [0.2, 0.25) is 0 Å². The van der Waals surface area contributed by atoms with E-state index in [1.807, 2.05) is 31.2 Å². The molecule has 0 fully saturated rings. The number of nitrogens with zero attached hydrogens (tertiary/aromatic N) is 1. The monoisotopic (exact) mass is 576 g/mol. The summed E-state index contributed by atoms with van der Waals surface area (Å²) in [6.45, 7) is 3.72. The van der Waals surface area contributed by atoms with E-state index in [4.69, 9.17) is 17.2 Å². The molecule has 3 amide bonds. The third-order valence-corrected chi connectivity index (χ3v) is 6.99. The Bertz CT molecular complexity index is 1200. The number of benzene rings is 1. The van der Waals surface area contributed by atoms with Crippen LogP contribution in [-0.2, 0) is 25.6 Å². The molecular weight excluding hydrogens is 536 g/mol. The summed E-state index contributed by atoms with van der Waals surface area (Å²) in [4.78, 5) is 57.8. The number of carbonyl (C=O) groups is 4. The number of rotatable bonds is 16. The molecule has 2 rings (SSSR count). The third kappa shape index (κ3) is 9.45. The Balaban J connectivity index is 2.09. The predicted molar refractivity (Wildman–Crippen MR) is 157 cm³/mol. The molecule has 0 radical (unpaired) electrons. The first kappa shape index (κ1) is 32.4. The van der Waals surface area contributed by atoms with Gasteiger partial charge in [0, 0.05) is 29.4 Å². The van der Waals surface area contributed by atoms with Gasteiger partial charge in [-0.15, -0.1) is 0 Å². The number of nitrogens with two attached hydrogens (primary N) is 3. The first-order valence-corrected chi connectivity index (χ1v) is 13.7. The van der Waals surface area contributed by atoms with E-state index >= 15 is 0 Å². The van der Waals surface area contributed by atoms with Gasteiger partial charge in [0.1, 0.15) is 18.1 Å². The minimum Gasteiger partial charge on any atom is -0.480 e. The van der Waals surface area contributed by atoms with E-state index in [1.165, 1.54) is 0 Å². The zero-order valence-electron chi connectivity index (χ0n) is 22.7. The quantitative estimate of drug-likeness (QED) is 0.0551. The number of hydrogen-bond acceptors (Lipinski definition) is 7. The summed E-state index contributed by atoms with van der Waals surface area (Å²) < 4.78 is 0. The molecule has 13 nitrogen and oxygen atoms in total.